The Balaban J connectivity index is 1.24. The molecular formula is C46H30N4. The second-order valence-corrected chi connectivity index (χ2v) is 12.6. The van der Waals surface area contributed by atoms with Crippen molar-refractivity contribution in [3.8, 4) is 45.0 Å². The Kier molecular flexibility index (Phi) is 6.46. The highest BCUT2D eigenvalue weighted by Gasteiger charge is 2.21. The van der Waals surface area contributed by atoms with E-state index in [2.05, 4.69) is 179 Å². The lowest BCUT2D eigenvalue weighted by Crippen LogP contribution is -1.99. The summed E-state index contributed by atoms with van der Waals surface area (Å²) in [5, 5.41) is 3.53. The van der Waals surface area contributed by atoms with Gasteiger partial charge in [0.1, 0.15) is 5.52 Å². The summed E-state index contributed by atoms with van der Waals surface area (Å²) < 4.78 is 4.61. The second-order valence-electron chi connectivity index (χ2n) is 12.6. The van der Waals surface area contributed by atoms with Gasteiger partial charge < -0.3 is 4.57 Å². The Morgan fingerprint density at radius 2 is 0.780 bits per heavy atom. The van der Waals surface area contributed by atoms with Crippen LogP contribution in [0.4, 0.5) is 0 Å². The van der Waals surface area contributed by atoms with Crippen molar-refractivity contribution in [2.75, 3.05) is 0 Å². The molecule has 0 unspecified atom stereocenters. The number of fused-ring (bicyclic) bond motifs is 6. The lowest BCUT2D eigenvalue weighted by atomic mass is 10.0. The third kappa shape index (κ3) is 4.46. The van der Waals surface area contributed by atoms with Gasteiger partial charge in [0.05, 0.1) is 27.9 Å². The van der Waals surface area contributed by atoms with Crippen molar-refractivity contribution in [3.63, 3.8) is 0 Å². The summed E-state index contributed by atoms with van der Waals surface area (Å²) in [4.78, 5) is 10.9. The van der Waals surface area contributed by atoms with Gasteiger partial charge >= 0.3 is 0 Å². The summed E-state index contributed by atoms with van der Waals surface area (Å²) in [5.41, 5.74) is 13.5. The molecule has 0 aliphatic rings. The van der Waals surface area contributed by atoms with Gasteiger partial charge in [0.25, 0.3) is 0 Å². The van der Waals surface area contributed by atoms with Gasteiger partial charge in [0.15, 0.2) is 5.65 Å². The third-order valence-electron chi connectivity index (χ3n) is 9.71. The Morgan fingerprint density at radius 1 is 0.320 bits per heavy atom. The van der Waals surface area contributed by atoms with Crippen LogP contribution in [-0.2, 0) is 0 Å². The van der Waals surface area contributed by atoms with Crippen LogP contribution in [0.25, 0.3) is 88.9 Å². The van der Waals surface area contributed by atoms with Crippen LogP contribution in [0.5, 0.6) is 0 Å². The smallest absolute Gasteiger partial charge is 0.165 e. The molecule has 0 atom stereocenters. The molecule has 0 spiro atoms. The molecule has 0 aliphatic carbocycles. The van der Waals surface area contributed by atoms with E-state index in [4.69, 9.17) is 9.97 Å². The predicted molar refractivity (Wildman–Crippen MR) is 207 cm³/mol. The molecule has 0 radical (unpaired) electrons. The standard InChI is InChI=1S/C46H30N4/c1-5-15-31(16-6-1)43-44(32-17-7-2-8-18-32)48-46-45(47-43)39-30-34(26-28-42(39)50(46)36-21-11-4-12-22-36)33-25-27-41-38(29-33)37-23-13-14-24-40(37)49(41)35-19-9-3-10-20-35/h1-30H. The van der Waals surface area contributed by atoms with Crippen molar-refractivity contribution in [3.05, 3.63) is 182 Å². The first-order valence-corrected chi connectivity index (χ1v) is 16.9. The van der Waals surface area contributed by atoms with Crippen LogP contribution in [0, 0.1) is 0 Å². The molecule has 3 heterocycles. The third-order valence-corrected chi connectivity index (χ3v) is 9.71. The quantitative estimate of drug-likeness (QED) is 0.188. The highest BCUT2D eigenvalue weighted by molar-refractivity contribution is 6.12. The van der Waals surface area contributed by atoms with Crippen molar-refractivity contribution in [2.45, 2.75) is 0 Å². The number of benzene rings is 7. The van der Waals surface area contributed by atoms with E-state index < -0.39 is 0 Å². The van der Waals surface area contributed by atoms with Crippen molar-refractivity contribution in [1.82, 2.24) is 19.1 Å². The summed E-state index contributed by atoms with van der Waals surface area (Å²) in [6.45, 7) is 0. The molecule has 3 aromatic heterocycles. The summed E-state index contributed by atoms with van der Waals surface area (Å²) >= 11 is 0. The van der Waals surface area contributed by atoms with Crippen molar-refractivity contribution < 1.29 is 0 Å². The van der Waals surface area contributed by atoms with Gasteiger partial charge in [-0.15, -0.1) is 0 Å². The van der Waals surface area contributed by atoms with Crippen molar-refractivity contribution in [1.29, 1.82) is 0 Å². The molecule has 0 saturated heterocycles. The summed E-state index contributed by atoms with van der Waals surface area (Å²) in [6.07, 6.45) is 0. The molecule has 0 N–H and O–H groups in total. The Hall–Kier alpha value is -6.78. The predicted octanol–water partition coefficient (Wildman–Crippen LogP) is 11.7. The van der Waals surface area contributed by atoms with Gasteiger partial charge in [-0.05, 0) is 65.7 Å². The molecule has 10 aromatic rings. The van der Waals surface area contributed by atoms with Crippen LogP contribution in [0.15, 0.2) is 182 Å². The van der Waals surface area contributed by atoms with E-state index >= 15 is 0 Å². The fourth-order valence-electron chi connectivity index (χ4n) is 7.42. The van der Waals surface area contributed by atoms with Crippen LogP contribution >= 0.6 is 0 Å². The highest BCUT2D eigenvalue weighted by Crippen LogP contribution is 2.39. The highest BCUT2D eigenvalue weighted by atomic mass is 15.1. The molecule has 0 amide bonds. The van der Waals surface area contributed by atoms with E-state index in [1.54, 1.807) is 0 Å². The van der Waals surface area contributed by atoms with Crippen LogP contribution < -0.4 is 0 Å². The molecule has 0 fully saturated rings. The first-order chi connectivity index (χ1) is 24.8. The van der Waals surface area contributed by atoms with Crippen molar-refractivity contribution >= 4 is 43.9 Å². The fraction of sp³-hybridized carbons (Fsp3) is 0. The van der Waals surface area contributed by atoms with Gasteiger partial charge in [-0.1, -0.05) is 127 Å². The second kappa shape index (κ2) is 11.4. The average Bonchev–Trinajstić information content (AvgIpc) is 3.70. The van der Waals surface area contributed by atoms with E-state index in [0.717, 1.165) is 67.1 Å². The summed E-state index contributed by atoms with van der Waals surface area (Å²) in [7, 11) is 0. The maximum Gasteiger partial charge on any atom is 0.165 e. The minimum Gasteiger partial charge on any atom is -0.309 e. The number of hydrogen-bond acceptors (Lipinski definition) is 2. The topological polar surface area (TPSA) is 35.6 Å². The zero-order valence-electron chi connectivity index (χ0n) is 27.1. The molecule has 0 aliphatic heterocycles. The molecule has 234 valence electrons. The monoisotopic (exact) mass is 638 g/mol. The molecule has 4 nitrogen and oxygen atoms in total. The minimum absolute atomic E-state index is 0.836. The molecule has 10 rings (SSSR count). The molecule has 4 heteroatoms. The van der Waals surface area contributed by atoms with Crippen molar-refractivity contribution in [2.24, 2.45) is 0 Å². The normalized spacial score (nSPS) is 11.6. The maximum atomic E-state index is 5.47. The van der Waals surface area contributed by atoms with Crippen LogP contribution in [0.1, 0.15) is 0 Å². The minimum atomic E-state index is 0.836. The van der Waals surface area contributed by atoms with Gasteiger partial charge in [-0.2, -0.15) is 0 Å². The number of rotatable bonds is 5. The fourth-order valence-corrected chi connectivity index (χ4v) is 7.42. The lowest BCUT2D eigenvalue weighted by Gasteiger charge is -2.11. The van der Waals surface area contributed by atoms with Crippen LogP contribution in [-0.4, -0.2) is 19.1 Å². The number of nitrogens with zero attached hydrogens (tertiary/aromatic N) is 4. The van der Waals surface area contributed by atoms with E-state index in [9.17, 15) is 0 Å². The molecule has 7 aromatic carbocycles. The van der Waals surface area contributed by atoms with Gasteiger partial charge in [0.2, 0.25) is 0 Å². The molecular weight excluding hydrogens is 609 g/mol. The molecule has 50 heavy (non-hydrogen) atoms. The zero-order valence-corrected chi connectivity index (χ0v) is 27.1. The van der Waals surface area contributed by atoms with Gasteiger partial charge in [-0.3, -0.25) is 4.57 Å². The Morgan fingerprint density at radius 3 is 1.40 bits per heavy atom. The number of hydrogen-bond donors (Lipinski definition) is 0. The van der Waals surface area contributed by atoms with E-state index in [0.29, 0.717) is 0 Å². The first-order valence-electron chi connectivity index (χ1n) is 16.9. The number of aromatic nitrogens is 4. The lowest BCUT2D eigenvalue weighted by molar-refractivity contribution is 1.13. The number of para-hydroxylation sites is 3. The van der Waals surface area contributed by atoms with Crippen LogP contribution in [0.2, 0.25) is 0 Å². The largest absolute Gasteiger partial charge is 0.309 e. The Bertz CT molecular complexity index is 2840. The van der Waals surface area contributed by atoms with Crippen LogP contribution in [0.3, 0.4) is 0 Å². The zero-order chi connectivity index (χ0) is 33.0. The SMILES string of the molecule is c1ccc(-c2nc3c4cc(-c5ccc6c(c5)c5ccccc5n6-c5ccccc5)ccc4n(-c4ccccc4)c3nc2-c2ccccc2)cc1. The molecule has 0 bridgehead atoms. The summed E-state index contributed by atoms with van der Waals surface area (Å²) in [6, 6.07) is 64.1. The van der Waals surface area contributed by atoms with E-state index in [-0.39, 0.29) is 0 Å². The first kappa shape index (κ1) is 28.3. The molecule has 0 saturated carbocycles. The average molecular weight is 639 g/mol. The van der Waals surface area contributed by atoms with Gasteiger partial charge in [0, 0.05) is 38.7 Å². The summed E-state index contributed by atoms with van der Waals surface area (Å²) in [5.74, 6) is 0. The Labute approximate surface area is 289 Å². The maximum absolute atomic E-state index is 5.47. The van der Waals surface area contributed by atoms with E-state index in [1.807, 2.05) is 12.1 Å². The van der Waals surface area contributed by atoms with Gasteiger partial charge in [-0.25, -0.2) is 9.97 Å². The van der Waals surface area contributed by atoms with E-state index in [1.165, 1.54) is 21.8 Å².